The van der Waals surface area contributed by atoms with Crippen molar-refractivity contribution in [1.82, 2.24) is 10.3 Å². The van der Waals surface area contributed by atoms with Crippen molar-refractivity contribution in [2.24, 2.45) is 0 Å². The van der Waals surface area contributed by atoms with Crippen molar-refractivity contribution in [2.45, 2.75) is 39.3 Å². The Morgan fingerprint density at radius 2 is 2.19 bits per heavy atom. The summed E-state index contributed by atoms with van der Waals surface area (Å²) in [5, 5.41) is 6.31. The molecule has 0 atom stereocenters. The third kappa shape index (κ3) is 4.37. The number of benzene rings is 1. The zero-order valence-corrected chi connectivity index (χ0v) is 16.7. The predicted molar refractivity (Wildman–Crippen MR) is 106 cm³/mol. The summed E-state index contributed by atoms with van der Waals surface area (Å²) in [7, 11) is 0. The van der Waals surface area contributed by atoms with E-state index in [0.29, 0.717) is 23.2 Å². The van der Waals surface area contributed by atoms with E-state index < -0.39 is 0 Å². The van der Waals surface area contributed by atoms with Crippen molar-refractivity contribution < 1.29 is 9.53 Å². The number of thiazole rings is 1. The monoisotopic (exact) mass is 393 g/mol. The van der Waals surface area contributed by atoms with Gasteiger partial charge in [0.05, 0.1) is 6.54 Å². The Bertz CT molecular complexity index is 745. The maximum Gasteiger partial charge on any atom is 0.252 e. The first-order chi connectivity index (χ1) is 12.6. The van der Waals surface area contributed by atoms with Gasteiger partial charge in [-0.1, -0.05) is 11.6 Å². The average molecular weight is 394 g/mol. The van der Waals surface area contributed by atoms with Gasteiger partial charge in [-0.2, -0.15) is 0 Å². The lowest BCUT2D eigenvalue weighted by molar-refractivity contribution is 0.0846. The molecule has 1 N–H and O–H groups in total. The van der Waals surface area contributed by atoms with Crippen molar-refractivity contribution in [3.8, 4) is 0 Å². The van der Waals surface area contributed by atoms with Crippen molar-refractivity contribution >= 4 is 34.5 Å². The van der Waals surface area contributed by atoms with Gasteiger partial charge in [0.2, 0.25) is 0 Å². The number of halogens is 1. The molecule has 1 amide bonds. The highest BCUT2D eigenvalue weighted by Crippen LogP contribution is 2.31. The second-order valence-electron chi connectivity index (χ2n) is 6.34. The first kappa shape index (κ1) is 19.1. The zero-order chi connectivity index (χ0) is 18.5. The SMILES string of the molecule is CCN(c1cc(Cl)cc(C(=O)NCc2nccs2)c1C)C1CCOCC1. The van der Waals surface area contributed by atoms with Crippen LogP contribution in [0, 0.1) is 6.92 Å². The molecule has 0 bridgehead atoms. The minimum absolute atomic E-state index is 0.121. The van der Waals surface area contributed by atoms with E-state index in [4.69, 9.17) is 16.3 Å². The van der Waals surface area contributed by atoms with Gasteiger partial charge >= 0.3 is 0 Å². The lowest BCUT2D eigenvalue weighted by Gasteiger charge is -2.36. The molecule has 0 aliphatic carbocycles. The van der Waals surface area contributed by atoms with E-state index in [9.17, 15) is 4.79 Å². The smallest absolute Gasteiger partial charge is 0.252 e. The van der Waals surface area contributed by atoms with E-state index in [2.05, 4.69) is 22.1 Å². The van der Waals surface area contributed by atoms with Gasteiger partial charge in [0.25, 0.3) is 5.91 Å². The van der Waals surface area contributed by atoms with Gasteiger partial charge < -0.3 is 15.0 Å². The number of aromatic nitrogens is 1. The fourth-order valence-corrected chi connectivity index (χ4v) is 4.18. The number of hydrogen-bond acceptors (Lipinski definition) is 5. The highest BCUT2D eigenvalue weighted by molar-refractivity contribution is 7.09. The first-order valence-electron chi connectivity index (χ1n) is 8.91. The minimum atomic E-state index is -0.121. The molecule has 1 aliphatic heterocycles. The predicted octanol–water partition coefficient (Wildman–Crippen LogP) is 4.04. The van der Waals surface area contributed by atoms with E-state index in [-0.39, 0.29) is 5.91 Å². The molecule has 0 radical (unpaired) electrons. The van der Waals surface area contributed by atoms with Crippen molar-refractivity contribution in [2.75, 3.05) is 24.7 Å². The first-order valence-corrected chi connectivity index (χ1v) is 10.2. The van der Waals surface area contributed by atoms with Crippen LogP contribution in [0.4, 0.5) is 5.69 Å². The topological polar surface area (TPSA) is 54.5 Å². The van der Waals surface area contributed by atoms with Crippen molar-refractivity contribution in [3.63, 3.8) is 0 Å². The summed E-state index contributed by atoms with van der Waals surface area (Å²) < 4.78 is 5.49. The van der Waals surface area contributed by atoms with E-state index in [1.807, 2.05) is 18.4 Å². The van der Waals surface area contributed by atoms with Gasteiger partial charge in [-0.15, -0.1) is 11.3 Å². The molecule has 7 heteroatoms. The molecule has 26 heavy (non-hydrogen) atoms. The lowest BCUT2D eigenvalue weighted by atomic mass is 10.0. The Morgan fingerprint density at radius 3 is 2.85 bits per heavy atom. The van der Waals surface area contributed by atoms with Gasteiger partial charge in [0, 0.05) is 53.7 Å². The van der Waals surface area contributed by atoms with Gasteiger partial charge in [-0.05, 0) is 44.4 Å². The standard InChI is InChI=1S/C19H24ClN3O2S/c1-3-23(15-4-7-25-8-5-15)17-11-14(20)10-16(13(17)2)19(24)22-12-18-21-6-9-26-18/h6,9-11,15H,3-5,7-8,12H2,1-2H3,(H,22,24). The Labute approximate surface area is 163 Å². The van der Waals surface area contributed by atoms with Gasteiger partial charge in [-0.3, -0.25) is 4.79 Å². The third-order valence-electron chi connectivity index (χ3n) is 4.76. The summed E-state index contributed by atoms with van der Waals surface area (Å²) in [6, 6.07) is 4.13. The number of carbonyl (C=O) groups excluding carboxylic acids is 1. The van der Waals surface area contributed by atoms with Crippen LogP contribution in [0.25, 0.3) is 0 Å². The highest BCUT2D eigenvalue weighted by Gasteiger charge is 2.24. The number of rotatable bonds is 6. The maximum absolute atomic E-state index is 12.7. The van der Waals surface area contributed by atoms with Crippen LogP contribution in [0.2, 0.25) is 5.02 Å². The molecule has 3 rings (SSSR count). The number of anilines is 1. The zero-order valence-electron chi connectivity index (χ0n) is 15.1. The summed E-state index contributed by atoms with van der Waals surface area (Å²) in [6.07, 6.45) is 3.72. The second kappa shape index (κ2) is 8.84. The lowest BCUT2D eigenvalue weighted by Crippen LogP contribution is -2.40. The van der Waals surface area contributed by atoms with Crippen LogP contribution in [0.1, 0.15) is 40.7 Å². The van der Waals surface area contributed by atoms with Crippen LogP contribution >= 0.6 is 22.9 Å². The van der Waals surface area contributed by atoms with Crippen molar-refractivity contribution in [3.05, 3.63) is 44.9 Å². The maximum atomic E-state index is 12.7. The van der Waals surface area contributed by atoms with Crippen molar-refractivity contribution in [1.29, 1.82) is 0 Å². The van der Waals surface area contributed by atoms with Gasteiger partial charge in [-0.25, -0.2) is 4.98 Å². The molecule has 0 saturated carbocycles. The molecule has 1 saturated heterocycles. The Morgan fingerprint density at radius 1 is 1.42 bits per heavy atom. The summed E-state index contributed by atoms with van der Waals surface area (Å²) in [5.74, 6) is -0.121. The molecule has 0 spiro atoms. The fraction of sp³-hybridized carbons (Fsp3) is 0.474. The number of nitrogens with zero attached hydrogens (tertiary/aromatic N) is 2. The van der Waals surface area contributed by atoms with Gasteiger partial charge in [0.1, 0.15) is 5.01 Å². The number of ether oxygens (including phenoxy) is 1. The molecule has 140 valence electrons. The van der Waals surface area contributed by atoms with Gasteiger partial charge in [0.15, 0.2) is 0 Å². The van der Waals surface area contributed by atoms with Crippen LogP contribution in [-0.2, 0) is 11.3 Å². The molecule has 2 heterocycles. The van der Waals surface area contributed by atoms with Crippen LogP contribution in [-0.4, -0.2) is 36.7 Å². The Balaban J connectivity index is 1.83. The fourth-order valence-electron chi connectivity index (χ4n) is 3.41. The quantitative estimate of drug-likeness (QED) is 0.804. The molecule has 1 aromatic carbocycles. The summed E-state index contributed by atoms with van der Waals surface area (Å²) in [6.45, 7) is 6.98. The third-order valence-corrected chi connectivity index (χ3v) is 5.75. The highest BCUT2D eigenvalue weighted by atomic mass is 35.5. The molecule has 5 nitrogen and oxygen atoms in total. The molecular weight excluding hydrogens is 370 g/mol. The molecular formula is C19H24ClN3O2S. The molecule has 2 aromatic rings. The molecule has 1 fully saturated rings. The number of hydrogen-bond donors (Lipinski definition) is 1. The summed E-state index contributed by atoms with van der Waals surface area (Å²) in [5.41, 5.74) is 2.61. The molecule has 1 aromatic heterocycles. The summed E-state index contributed by atoms with van der Waals surface area (Å²) >= 11 is 7.89. The minimum Gasteiger partial charge on any atom is -0.381 e. The molecule has 0 unspecified atom stereocenters. The largest absolute Gasteiger partial charge is 0.381 e. The normalized spacial score (nSPS) is 15.0. The number of carbonyl (C=O) groups is 1. The van der Waals surface area contributed by atoms with Crippen LogP contribution < -0.4 is 10.2 Å². The van der Waals surface area contributed by atoms with Crippen LogP contribution in [0.3, 0.4) is 0 Å². The van der Waals surface area contributed by atoms with E-state index in [0.717, 1.165) is 48.9 Å². The number of amides is 1. The van der Waals surface area contributed by atoms with Crippen LogP contribution in [0.5, 0.6) is 0 Å². The second-order valence-corrected chi connectivity index (χ2v) is 7.75. The average Bonchev–Trinajstić information content (AvgIpc) is 3.17. The Kier molecular flexibility index (Phi) is 6.51. The summed E-state index contributed by atoms with van der Waals surface area (Å²) in [4.78, 5) is 19.3. The van der Waals surface area contributed by atoms with Crippen LogP contribution in [0.15, 0.2) is 23.7 Å². The van der Waals surface area contributed by atoms with E-state index in [1.54, 1.807) is 12.3 Å². The van der Waals surface area contributed by atoms with E-state index in [1.165, 1.54) is 11.3 Å². The molecule has 1 aliphatic rings. The van der Waals surface area contributed by atoms with E-state index >= 15 is 0 Å². The number of nitrogens with one attached hydrogen (secondary N) is 1. The Hall–Kier alpha value is -1.63.